The van der Waals surface area contributed by atoms with E-state index in [1.165, 1.54) is 0 Å². The van der Waals surface area contributed by atoms with E-state index in [4.69, 9.17) is 31.8 Å². The molecule has 5 aliphatic rings. The van der Waals surface area contributed by atoms with Gasteiger partial charge in [-0.3, -0.25) is 43.9 Å². The number of primary amides is 1. The number of nitrogens with zero attached hydrogens (tertiary/aromatic N) is 6. The number of aliphatic hydroxyl groups is 1. The zero-order valence-electron chi connectivity index (χ0n) is 35.5. The van der Waals surface area contributed by atoms with Crippen molar-refractivity contribution in [3.8, 4) is 5.75 Å². The van der Waals surface area contributed by atoms with Crippen LogP contribution in [0.15, 0.2) is 53.5 Å². The number of nitrogens with two attached hydrogens (primary N) is 1. The van der Waals surface area contributed by atoms with Crippen LogP contribution in [0.25, 0.3) is 10.9 Å². The van der Waals surface area contributed by atoms with Crippen molar-refractivity contribution in [3.05, 3.63) is 80.7 Å². The Morgan fingerprint density at radius 2 is 1.70 bits per heavy atom. The topological polar surface area (TPSA) is 232 Å². The number of ether oxygens (including phenoxy) is 2. The van der Waals surface area contributed by atoms with Crippen LogP contribution in [0.4, 0.5) is 17.5 Å². The minimum Gasteiger partial charge on any atom is -0.478 e. The largest absolute Gasteiger partial charge is 0.478 e. The number of hydrogen-bond donors (Lipinski definition) is 4. The number of piperidine rings is 3. The van der Waals surface area contributed by atoms with Crippen LogP contribution in [0.5, 0.6) is 5.75 Å². The lowest BCUT2D eigenvalue weighted by molar-refractivity contribution is -0.136. The number of anilines is 3. The van der Waals surface area contributed by atoms with Gasteiger partial charge in [0.2, 0.25) is 17.8 Å². The number of nitrogens with one attached hydrogen (secondary N) is 2. The van der Waals surface area contributed by atoms with Gasteiger partial charge in [-0.15, -0.1) is 0 Å². The number of halogens is 1. The molecule has 0 bridgehead atoms. The first-order valence-corrected chi connectivity index (χ1v) is 22.2. The second kappa shape index (κ2) is 17.2. The molecule has 4 fully saturated rings. The van der Waals surface area contributed by atoms with Gasteiger partial charge in [0, 0.05) is 55.8 Å². The Labute approximate surface area is 373 Å². The number of amides is 5. The first-order chi connectivity index (χ1) is 30.6. The molecule has 2 aromatic carbocycles. The maximum absolute atomic E-state index is 13.4. The van der Waals surface area contributed by atoms with Crippen LogP contribution in [0.2, 0.25) is 5.02 Å². The predicted molar refractivity (Wildman–Crippen MR) is 235 cm³/mol. The standard InChI is InChI=1S/C45H50ClN9O9/c1-24(2)54-34-6-4-27(17-25(34)18-36(43(54)61)63-23-37(47)56)49-39-33(46)22-48-44(51-39)53-13-9-29(10-14-53)64-30-20-28(21-30)52-15-11-45(62,12-16-52)26-3-5-31-32(19-26)42(60)55(41(31)59)35-7-8-38(57)50-40(35)58/h3-6,17-19,22,24,28-30,35,62H,7-16,20-21,23H2,1-2H3,(H2,47,56)(H,48,49,51)(H,50,57,58)/t28-,30-,35?. The summed E-state index contributed by atoms with van der Waals surface area (Å²) in [7, 11) is 0. The highest BCUT2D eigenvalue weighted by atomic mass is 35.5. The van der Waals surface area contributed by atoms with E-state index in [0.29, 0.717) is 84.0 Å². The fraction of sp³-hybridized carbons (Fsp3) is 0.467. The van der Waals surface area contributed by atoms with E-state index in [1.54, 1.807) is 35.0 Å². The van der Waals surface area contributed by atoms with Gasteiger partial charge in [0.15, 0.2) is 18.2 Å². The Morgan fingerprint density at radius 3 is 2.41 bits per heavy atom. The molecule has 5 amide bonds. The molecule has 4 aliphatic heterocycles. The summed E-state index contributed by atoms with van der Waals surface area (Å²) in [6.07, 6.45) is 6.35. The van der Waals surface area contributed by atoms with E-state index in [-0.39, 0.29) is 53.5 Å². The van der Waals surface area contributed by atoms with Crippen LogP contribution < -0.4 is 31.6 Å². The van der Waals surface area contributed by atoms with Crippen molar-refractivity contribution in [2.24, 2.45) is 5.73 Å². The summed E-state index contributed by atoms with van der Waals surface area (Å²) in [5.41, 5.74) is 6.05. The van der Waals surface area contributed by atoms with Gasteiger partial charge < -0.3 is 35.1 Å². The van der Waals surface area contributed by atoms with Crippen molar-refractivity contribution < 1.29 is 38.6 Å². The highest BCUT2D eigenvalue weighted by Gasteiger charge is 2.46. The Morgan fingerprint density at radius 1 is 0.969 bits per heavy atom. The van der Waals surface area contributed by atoms with E-state index in [1.807, 2.05) is 32.0 Å². The van der Waals surface area contributed by atoms with E-state index in [0.717, 1.165) is 30.6 Å². The van der Waals surface area contributed by atoms with Gasteiger partial charge in [-0.1, -0.05) is 17.7 Å². The number of rotatable bonds is 12. The third-order valence-electron chi connectivity index (χ3n) is 13.2. The second-order valence-electron chi connectivity index (χ2n) is 17.6. The molecule has 1 aliphatic carbocycles. The van der Waals surface area contributed by atoms with Crippen LogP contribution in [0.1, 0.15) is 97.5 Å². The molecule has 1 unspecified atom stereocenters. The van der Waals surface area contributed by atoms with Gasteiger partial charge in [0.1, 0.15) is 11.1 Å². The fourth-order valence-corrected chi connectivity index (χ4v) is 9.76. The SMILES string of the molecule is CC(C)n1c(=O)c(OCC(N)=O)cc2cc(Nc3nc(N4CCC(O[C@H]5C[C@H](N6CCC(O)(c7ccc8c(c7)C(=O)N(C7CCC(=O)NC7=O)C8=O)CC6)C5)CC4)ncc3Cl)ccc21. The molecular weight excluding hydrogens is 846 g/mol. The lowest BCUT2D eigenvalue weighted by atomic mass is 9.80. The number of likely N-dealkylation sites (tertiary alicyclic amines) is 1. The summed E-state index contributed by atoms with van der Waals surface area (Å²) in [5, 5.41) is 18.3. The molecular formula is C45H50ClN9O9. The van der Waals surface area contributed by atoms with E-state index in [2.05, 4.69) is 25.4 Å². The highest BCUT2D eigenvalue weighted by molar-refractivity contribution is 6.33. The fourth-order valence-electron chi connectivity index (χ4n) is 9.62. The molecule has 2 aromatic heterocycles. The summed E-state index contributed by atoms with van der Waals surface area (Å²) in [4.78, 5) is 89.9. The van der Waals surface area contributed by atoms with Gasteiger partial charge in [0.25, 0.3) is 23.3 Å². The molecule has 336 valence electrons. The first kappa shape index (κ1) is 43.3. The summed E-state index contributed by atoms with van der Waals surface area (Å²) < 4.78 is 13.6. The summed E-state index contributed by atoms with van der Waals surface area (Å²) >= 11 is 6.57. The molecule has 0 radical (unpaired) electrons. The maximum Gasteiger partial charge on any atom is 0.293 e. The third-order valence-corrected chi connectivity index (χ3v) is 13.5. The van der Waals surface area contributed by atoms with Gasteiger partial charge in [0.05, 0.1) is 40.6 Å². The molecule has 3 saturated heterocycles. The third kappa shape index (κ3) is 8.30. The Kier molecular flexibility index (Phi) is 11.6. The van der Waals surface area contributed by atoms with Gasteiger partial charge >= 0.3 is 0 Å². The Balaban J connectivity index is 0.754. The molecule has 19 heteroatoms. The lowest BCUT2D eigenvalue weighted by Gasteiger charge is -2.48. The number of hydrogen-bond acceptors (Lipinski definition) is 14. The average molecular weight is 896 g/mol. The number of pyridine rings is 1. The number of imide groups is 2. The quantitative estimate of drug-likeness (QED) is 0.149. The monoisotopic (exact) mass is 895 g/mol. The number of fused-ring (bicyclic) bond motifs is 2. The van der Waals surface area contributed by atoms with Crippen LogP contribution in [0, 0.1) is 0 Å². The van der Waals surface area contributed by atoms with Crippen molar-refractivity contribution in [3.63, 3.8) is 0 Å². The van der Waals surface area contributed by atoms with Crippen LogP contribution >= 0.6 is 11.6 Å². The molecule has 4 aromatic rings. The van der Waals surface area contributed by atoms with Crippen molar-refractivity contribution in [2.45, 2.75) is 101 Å². The summed E-state index contributed by atoms with van der Waals surface area (Å²) in [6, 6.07) is 11.1. The number of carbonyl (C=O) groups is 5. The van der Waals surface area contributed by atoms with Gasteiger partial charge in [-0.2, -0.15) is 4.98 Å². The van der Waals surface area contributed by atoms with Crippen molar-refractivity contribution in [1.29, 1.82) is 0 Å². The smallest absolute Gasteiger partial charge is 0.293 e. The molecule has 1 saturated carbocycles. The first-order valence-electron chi connectivity index (χ1n) is 21.8. The Bertz CT molecular complexity index is 2620. The minimum absolute atomic E-state index is 0.0278. The lowest BCUT2D eigenvalue weighted by Crippen LogP contribution is -2.54. The number of benzene rings is 2. The Hall–Kier alpha value is -5.95. The molecule has 1 atom stereocenters. The molecule has 18 nitrogen and oxygen atoms in total. The summed E-state index contributed by atoms with van der Waals surface area (Å²) in [5.74, 6) is -1.92. The zero-order chi connectivity index (χ0) is 45.0. The van der Waals surface area contributed by atoms with Crippen molar-refractivity contribution in [2.75, 3.05) is 43.0 Å². The van der Waals surface area contributed by atoms with Crippen LogP contribution in [0.3, 0.4) is 0 Å². The predicted octanol–water partition coefficient (Wildman–Crippen LogP) is 3.53. The van der Waals surface area contributed by atoms with Crippen LogP contribution in [-0.4, -0.2) is 116 Å². The van der Waals surface area contributed by atoms with E-state index in [9.17, 15) is 33.9 Å². The number of carbonyl (C=O) groups excluding carboxylic acids is 5. The van der Waals surface area contributed by atoms with Crippen molar-refractivity contribution >= 4 is 69.5 Å². The number of aromatic nitrogens is 3. The second-order valence-corrected chi connectivity index (χ2v) is 18.0. The molecule has 5 N–H and O–H groups in total. The van der Waals surface area contributed by atoms with Gasteiger partial charge in [-0.25, -0.2) is 4.98 Å². The molecule has 64 heavy (non-hydrogen) atoms. The van der Waals surface area contributed by atoms with E-state index < -0.39 is 47.8 Å². The zero-order valence-corrected chi connectivity index (χ0v) is 36.3. The summed E-state index contributed by atoms with van der Waals surface area (Å²) in [6.45, 7) is 6.14. The van der Waals surface area contributed by atoms with Gasteiger partial charge in [-0.05, 0) is 101 Å². The minimum atomic E-state index is -1.17. The molecule has 9 rings (SSSR count). The molecule has 6 heterocycles. The average Bonchev–Trinajstić information content (AvgIpc) is 3.50. The van der Waals surface area contributed by atoms with Crippen LogP contribution in [-0.2, 0) is 24.7 Å². The van der Waals surface area contributed by atoms with E-state index >= 15 is 0 Å². The highest BCUT2D eigenvalue weighted by Crippen LogP contribution is 2.40. The van der Waals surface area contributed by atoms with Crippen molar-refractivity contribution in [1.82, 2.24) is 29.7 Å². The molecule has 0 spiro atoms. The normalized spacial score (nSPS) is 22.7. The maximum atomic E-state index is 13.4.